The number of ketones is 1. The molecule has 0 fully saturated rings. The van der Waals surface area contributed by atoms with Crippen LogP contribution in [0.4, 0.5) is 0 Å². The molecule has 0 aliphatic heterocycles. The topological polar surface area (TPSA) is 29.1 Å². The van der Waals surface area contributed by atoms with Crippen LogP contribution in [-0.4, -0.2) is 18.9 Å². The van der Waals surface area contributed by atoms with Gasteiger partial charge in [-0.2, -0.15) is 0 Å². The molecule has 0 aromatic heterocycles. The molecule has 2 unspecified atom stereocenters. The second-order valence-corrected chi connectivity index (χ2v) is 4.11. The first-order valence-electron chi connectivity index (χ1n) is 5.56. The highest BCUT2D eigenvalue weighted by Crippen LogP contribution is 2.31. The van der Waals surface area contributed by atoms with Crippen molar-refractivity contribution in [1.82, 2.24) is 5.32 Å². The lowest BCUT2D eigenvalue weighted by Gasteiger charge is -2.29. The molecule has 2 heteroatoms. The Hall–Kier alpha value is -1.15. The van der Waals surface area contributed by atoms with E-state index in [9.17, 15) is 4.79 Å². The summed E-state index contributed by atoms with van der Waals surface area (Å²) in [7, 11) is 1.86. The second kappa shape index (κ2) is 4.15. The van der Waals surface area contributed by atoms with Crippen LogP contribution in [-0.2, 0) is 11.2 Å². The molecule has 1 N–H and O–H groups in total. The van der Waals surface area contributed by atoms with Gasteiger partial charge in [-0.3, -0.25) is 4.79 Å². The van der Waals surface area contributed by atoms with E-state index in [1.165, 1.54) is 11.1 Å². The summed E-state index contributed by atoms with van der Waals surface area (Å²) >= 11 is 0. The zero-order chi connectivity index (χ0) is 10.8. The van der Waals surface area contributed by atoms with E-state index in [-0.39, 0.29) is 12.0 Å². The number of likely N-dealkylation sites (N-methyl/N-ethyl adjacent to an activating group) is 1. The van der Waals surface area contributed by atoms with E-state index in [0.717, 1.165) is 12.8 Å². The smallest absolute Gasteiger partial charge is 0.157 e. The van der Waals surface area contributed by atoms with E-state index in [1.807, 2.05) is 19.2 Å². The molecular weight excluding hydrogens is 186 g/mol. The molecule has 0 saturated heterocycles. The molecule has 2 rings (SSSR count). The van der Waals surface area contributed by atoms with Gasteiger partial charge in [0, 0.05) is 5.92 Å². The number of benzene rings is 1. The lowest BCUT2D eigenvalue weighted by molar-refractivity contribution is -0.123. The predicted molar refractivity (Wildman–Crippen MR) is 61.0 cm³/mol. The SMILES string of the molecule is CCC1C(=O)C(NC)Cc2ccccc21. The van der Waals surface area contributed by atoms with Crippen molar-refractivity contribution < 1.29 is 4.79 Å². The van der Waals surface area contributed by atoms with Crippen molar-refractivity contribution in [3.05, 3.63) is 35.4 Å². The Kier molecular flexibility index (Phi) is 2.87. The zero-order valence-electron chi connectivity index (χ0n) is 9.29. The summed E-state index contributed by atoms with van der Waals surface area (Å²) in [5.41, 5.74) is 2.56. The molecule has 0 saturated carbocycles. The van der Waals surface area contributed by atoms with Gasteiger partial charge < -0.3 is 5.32 Å². The summed E-state index contributed by atoms with van der Waals surface area (Å²) in [4.78, 5) is 12.1. The second-order valence-electron chi connectivity index (χ2n) is 4.11. The quantitative estimate of drug-likeness (QED) is 0.795. The molecule has 0 heterocycles. The van der Waals surface area contributed by atoms with Gasteiger partial charge in [0.1, 0.15) is 0 Å². The zero-order valence-corrected chi connectivity index (χ0v) is 9.29. The minimum atomic E-state index is 0.00449. The number of fused-ring (bicyclic) bond motifs is 1. The molecule has 2 atom stereocenters. The first kappa shape index (κ1) is 10.4. The Balaban J connectivity index is 2.43. The van der Waals surface area contributed by atoms with E-state index < -0.39 is 0 Å². The van der Waals surface area contributed by atoms with Crippen LogP contribution < -0.4 is 5.32 Å². The van der Waals surface area contributed by atoms with E-state index >= 15 is 0 Å². The predicted octanol–water partition coefficient (Wildman–Crippen LogP) is 1.89. The number of nitrogens with one attached hydrogen (secondary N) is 1. The summed E-state index contributed by atoms with van der Waals surface area (Å²) in [6, 6.07) is 8.30. The van der Waals surface area contributed by atoms with Crippen LogP contribution in [0.5, 0.6) is 0 Å². The van der Waals surface area contributed by atoms with Gasteiger partial charge in [0.15, 0.2) is 5.78 Å². The molecular formula is C13H17NO. The van der Waals surface area contributed by atoms with Gasteiger partial charge in [0.2, 0.25) is 0 Å². The average molecular weight is 203 g/mol. The van der Waals surface area contributed by atoms with Crippen LogP contribution >= 0.6 is 0 Å². The Morgan fingerprint density at radius 2 is 2.13 bits per heavy atom. The number of hydrogen-bond acceptors (Lipinski definition) is 2. The minimum Gasteiger partial charge on any atom is -0.310 e. The van der Waals surface area contributed by atoms with Gasteiger partial charge in [-0.25, -0.2) is 0 Å². The van der Waals surface area contributed by atoms with Crippen molar-refractivity contribution in [1.29, 1.82) is 0 Å². The van der Waals surface area contributed by atoms with Crippen molar-refractivity contribution in [3.8, 4) is 0 Å². The number of carbonyl (C=O) groups excluding carboxylic acids is 1. The normalized spacial score (nSPS) is 25.1. The highest BCUT2D eigenvalue weighted by atomic mass is 16.1. The summed E-state index contributed by atoms with van der Waals surface area (Å²) in [5.74, 6) is 0.436. The van der Waals surface area contributed by atoms with Gasteiger partial charge in [-0.1, -0.05) is 31.2 Å². The lowest BCUT2D eigenvalue weighted by Crippen LogP contribution is -2.42. The third-order valence-electron chi connectivity index (χ3n) is 3.30. The fourth-order valence-electron chi connectivity index (χ4n) is 2.44. The van der Waals surface area contributed by atoms with Crippen molar-refractivity contribution in [2.45, 2.75) is 31.7 Å². The average Bonchev–Trinajstić information content (AvgIpc) is 2.28. The Morgan fingerprint density at radius 3 is 2.80 bits per heavy atom. The fraction of sp³-hybridized carbons (Fsp3) is 0.462. The lowest BCUT2D eigenvalue weighted by atomic mass is 9.78. The Bertz CT molecular complexity index is 373. The van der Waals surface area contributed by atoms with E-state index in [1.54, 1.807) is 0 Å². The molecule has 0 amide bonds. The highest BCUT2D eigenvalue weighted by Gasteiger charge is 2.32. The van der Waals surface area contributed by atoms with Gasteiger partial charge in [0.25, 0.3) is 0 Å². The van der Waals surface area contributed by atoms with E-state index in [4.69, 9.17) is 0 Å². The monoisotopic (exact) mass is 203 g/mol. The van der Waals surface area contributed by atoms with Crippen LogP contribution in [0.3, 0.4) is 0 Å². The molecule has 0 spiro atoms. The highest BCUT2D eigenvalue weighted by molar-refractivity contribution is 5.92. The number of rotatable bonds is 2. The van der Waals surface area contributed by atoms with Gasteiger partial charge >= 0.3 is 0 Å². The van der Waals surface area contributed by atoms with Crippen LogP contribution in [0.1, 0.15) is 30.4 Å². The molecule has 15 heavy (non-hydrogen) atoms. The summed E-state index contributed by atoms with van der Waals surface area (Å²) < 4.78 is 0. The first-order chi connectivity index (χ1) is 7.27. The summed E-state index contributed by atoms with van der Waals surface area (Å²) in [6.07, 6.45) is 1.73. The van der Waals surface area contributed by atoms with Crippen LogP contribution in [0.15, 0.2) is 24.3 Å². The summed E-state index contributed by atoms with van der Waals surface area (Å²) in [5, 5.41) is 3.11. The molecule has 1 aromatic rings. The third kappa shape index (κ3) is 1.70. The molecule has 0 bridgehead atoms. The van der Waals surface area contributed by atoms with Crippen LogP contribution in [0, 0.1) is 0 Å². The van der Waals surface area contributed by atoms with Crippen LogP contribution in [0.2, 0.25) is 0 Å². The van der Waals surface area contributed by atoms with Gasteiger partial charge in [0.05, 0.1) is 6.04 Å². The first-order valence-corrected chi connectivity index (χ1v) is 5.56. The van der Waals surface area contributed by atoms with Crippen molar-refractivity contribution in [2.75, 3.05) is 7.05 Å². The van der Waals surface area contributed by atoms with E-state index in [0.29, 0.717) is 5.78 Å². The molecule has 2 nitrogen and oxygen atoms in total. The maximum absolute atomic E-state index is 12.1. The largest absolute Gasteiger partial charge is 0.310 e. The molecule has 1 aromatic carbocycles. The Labute approximate surface area is 90.7 Å². The van der Waals surface area contributed by atoms with Crippen molar-refractivity contribution in [2.24, 2.45) is 0 Å². The summed E-state index contributed by atoms with van der Waals surface area (Å²) in [6.45, 7) is 2.08. The maximum atomic E-state index is 12.1. The van der Waals surface area contributed by atoms with E-state index in [2.05, 4.69) is 24.4 Å². The van der Waals surface area contributed by atoms with Crippen molar-refractivity contribution in [3.63, 3.8) is 0 Å². The number of hydrogen-bond donors (Lipinski definition) is 1. The van der Waals surface area contributed by atoms with Gasteiger partial charge in [-0.15, -0.1) is 0 Å². The van der Waals surface area contributed by atoms with Gasteiger partial charge in [-0.05, 0) is 31.0 Å². The fourth-order valence-corrected chi connectivity index (χ4v) is 2.44. The third-order valence-corrected chi connectivity index (χ3v) is 3.30. The molecule has 0 radical (unpaired) electrons. The Morgan fingerprint density at radius 1 is 1.40 bits per heavy atom. The molecule has 1 aliphatic carbocycles. The van der Waals surface area contributed by atoms with Crippen molar-refractivity contribution >= 4 is 5.78 Å². The molecule has 80 valence electrons. The maximum Gasteiger partial charge on any atom is 0.157 e. The van der Waals surface area contributed by atoms with Crippen LogP contribution in [0.25, 0.3) is 0 Å². The minimum absolute atomic E-state index is 0.00449. The number of Topliss-reactive ketones (excluding diaryl/α,β-unsaturated/α-hetero) is 1. The molecule has 1 aliphatic rings. The standard InChI is InChI=1S/C13H17NO/c1-3-10-11-7-5-4-6-9(11)8-12(14-2)13(10)15/h4-7,10,12,14H,3,8H2,1-2H3. The number of carbonyl (C=O) groups is 1.